The second-order valence-electron chi connectivity index (χ2n) is 6.21. The minimum absolute atomic E-state index is 0.0879. The fourth-order valence-electron chi connectivity index (χ4n) is 2.71. The van der Waals surface area contributed by atoms with Gasteiger partial charge in [-0.25, -0.2) is 0 Å². The highest BCUT2D eigenvalue weighted by molar-refractivity contribution is 7.07. The van der Waals surface area contributed by atoms with Gasteiger partial charge in [0.05, 0.1) is 17.9 Å². The van der Waals surface area contributed by atoms with Crippen LogP contribution in [0.25, 0.3) is 0 Å². The van der Waals surface area contributed by atoms with Crippen LogP contribution in [0.15, 0.2) is 6.07 Å². The maximum Gasteiger partial charge on any atom is 0.265 e. The Bertz CT molecular complexity index is 699. The summed E-state index contributed by atoms with van der Waals surface area (Å²) in [5, 5.41) is 11.6. The highest BCUT2D eigenvalue weighted by atomic mass is 32.1. The topological polar surface area (TPSA) is 72.7 Å². The number of rotatable bonds is 6. The average molecular weight is 317 g/mol. The van der Waals surface area contributed by atoms with E-state index in [1.807, 2.05) is 0 Å². The smallest absolute Gasteiger partial charge is 0.265 e. The molecule has 0 saturated heterocycles. The van der Waals surface area contributed by atoms with E-state index in [4.69, 9.17) is 5.10 Å². The van der Waals surface area contributed by atoms with Crippen molar-refractivity contribution >= 4 is 17.4 Å². The molecular formula is C15H19N5OS. The van der Waals surface area contributed by atoms with Crippen LogP contribution in [0.2, 0.25) is 0 Å². The summed E-state index contributed by atoms with van der Waals surface area (Å²) in [4.78, 5) is 12.7. The molecule has 2 saturated carbocycles. The molecule has 0 unspecified atom stereocenters. The lowest BCUT2D eigenvalue weighted by Crippen LogP contribution is -2.27. The van der Waals surface area contributed by atoms with Crippen LogP contribution in [0.3, 0.4) is 0 Å². The Morgan fingerprint density at radius 1 is 1.36 bits per heavy atom. The van der Waals surface area contributed by atoms with Gasteiger partial charge in [0.15, 0.2) is 0 Å². The third kappa shape index (κ3) is 2.77. The Morgan fingerprint density at radius 3 is 2.77 bits per heavy atom. The van der Waals surface area contributed by atoms with Crippen LogP contribution in [-0.4, -0.2) is 31.8 Å². The summed E-state index contributed by atoms with van der Waals surface area (Å²) in [5.74, 6) is 1.28. The first kappa shape index (κ1) is 13.9. The lowest BCUT2D eigenvalue weighted by molar-refractivity contribution is 0.0955. The summed E-state index contributed by atoms with van der Waals surface area (Å²) in [6.07, 6.45) is 5.09. The van der Waals surface area contributed by atoms with Crippen LogP contribution in [0.4, 0.5) is 0 Å². The molecule has 4 rings (SSSR count). The Morgan fingerprint density at radius 2 is 2.14 bits per heavy atom. The molecule has 0 bridgehead atoms. The minimum atomic E-state index is -0.0879. The van der Waals surface area contributed by atoms with Crippen molar-refractivity contribution in [2.45, 2.75) is 51.0 Å². The zero-order chi connectivity index (χ0) is 15.1. The molecule has 2 aromatic rings. The quantitative estimate of drug-likeness (QED) is 0.886. The molecule has 0 aliphatic heterocycles. The van der Waals surface area contributed by atoms with E-state index < -0.39 is 0 Å². The lowest BCUT2D eigenvalue weighted by atomic mass is 10.2. The standard InChI is InChI=1S/C15H19N5OS/c1-9-14(22-19-17-9)15(21)16-6-7-20-13(11-4-5-11)8-12(18-20)10-2-3-10/h8,10-11H,2-7H2,1H3,(H,16,21). The van der Waals surface area contributed by atoms with Crippen LogP contribution in [-0.2, 0) is 6.54 Å². The number of carbonyl (C=O) groups excluding carboxylic acids is 1. The Balaban J connectivity index is 1.39. The largest absolute Gasteiger partial charge is 0.349 e. The van der Waals surface area contributed by atoms with Gasteiger partial charge >= 0.3 is 0 Å². The molecule has 0 atom stereocenters. The molecule has 2 aliphatic carbocycles. The molecule has 116 valence electrons. The molecule has 2 aromatic heterocycles. The fourth-order valence-corrected chi connectivity index (χ4v) is 3.29. The van der Waals surface area contributed by atoms with E-state index in [0.29, 0.717) is 29.0 Å². The van der Waals surface area contributed by atoms with Gasteiger partial charge in [0.1, 0.15) is 4.88 Å². The number of aryl methyl sites for hydroxylation is 1. The van der Waals surface area contributed by atoms with Gasteiger partial charge in [-0.1, -0.05) is 4.49 Å². The van der Waals surface area contributed by atoms with E-state index in [1.54, 1.807) is 6.92 Å². The minimum Gasteiger partial charge on any atom is -0.349 e. The Hall–Kier alpha value is -1.76. The van der Waals surface area contributed by atoms with Crippen LogP contribution in [0.1, 0.15) is 64.3 Å². The molecule has 6 nitrogen and oxygen atoms in total. The second-order valence-corrected chi connectivity index (χ2v) is 6.96. The monoisotopic (exact) mass is 317 g/mol. The first-order valence-electron chi connectivity index (χ1n) is 7.87. The molecule has 1 N–H and O–H groups in total. The van der Waals surface area contributed by atoms with Crippen molar-refractivity contribution in [3.8, 4) is 0 Å². The third-order valence-corrected chi connectivity index (χ3v) is 5.11. The van der Waals surface area contributed by atoms with Crippen LogP contribution >= 0.6 is 11.5 Å². The first-order chi connectivity index (χ1) is 10.7. The zero-order valence-electron chi connectivity index (χ0n) is 12.6. The maximum atomic E-state index is 12.1. The molecule has 2 fully saturated rings. The lowest BCUT2D eigenvalue weighted by Gasteiger charge is -2.07. The SMILES string of the molecule is Cc1nnsc1C(=O)NCCn1nc(C2CC2)cc1C1CC1. The van der Waals surface area contributed by atoms with E-state index in [2.05, 4.69) is 25.7 Å². The molecular weight excluding hydrogens is 298 g/mol. The number of aromatic nitrogens is 4. The van der Waals surface area contributed by atoms with Crippen molar-refractivity contribution in [3.63, 3.8) is 0 Å². The average Bonchev–Trinajstić information content (AvgIpc) is 3.43. The van der Waals surface area contributed by atoms with E-state index in [1.165, 1.54) is 37.1 Å². The molecule has 2 heterocycles. The molecule has 0 radical (unpaired) electrons. The summed E-state index contributed by atoms with van der Waals surface area (Å²) in [6.45, 7) is 3.12. The zero-order valence-corrected chi connectivity index (χ0v) is 13.4. The van der Waals surface area contributed by atoms with Crippen LogP contribution in [0, 0.1) is 6.92 Å². The van der Waals surface area contributed by atoms with Gasteiger partial charge in [0.25, 0.3) is 5.91 Å². The maximum absolute atomic E-state index is 12.1. The predicted octanol–water partition coefficient (Wildman–Crippen LogP) is 2.23. The third-order valence-electron chi connectivity index (χ3n) is 4.29. The van der Waals surface area contributed by atoms with Gasteiger partial charge in [-0.3, -0.25) is 9.48 Å². The first-order valence-corrected chi connectivity index (χ1v) is 8.64. The summed E-state index contributed by atoms with van der Waals surface area (Å²) in [6, 6.07) is 2.29. The van der Waals surface area contributed by atoms with E-state index >= 15 is 0 Å². The summed E-state index contributed by atoms with van der Waals surface area (Å²) in [7, 11) is 0. The highest BCUT2D eigenvalue weighted by Crippen LogP contribution is 2.44. The van der Waals surface area contributed by atoms with Gasteiger partial charge in [-0.2, -0.15) is 5.10 Å². The van der Waals surface area contributed by atoms with Crippen molar-refractivity contribution < 1.29 is 4.79 Å². The van der Waals surface area contributed by atoms with E-state index in [-0.39, 0.29) is 5.91 Å². The number of hydrogen-bond acceptors (Lipinski definition) is 5. The number of hydrogen-bond donors (Lipinski definition) is 1. The van der Waals surface area contributed by atoms with E-state index in [9.17, 15) is 4.79 Å². The van der Waals surface area contributed by atoms with Crippen LogP contribution < -0.4 is 5.32 Å². The molecule has 1 amide bonds. The van der Waals surface area contributed by atoms with Crippen molar-refractivity contribution in [2.24, 2.45) is 0 Å². The fraction of sp³-hybridized carbons (Fsp3) is 0.600. The summed E-state index contributed by atoms with van der Waals surface area (Å²) in [5.41, 5.74) is 3.29. The summed E-state index contributed by atoms with van der Waals surface area (Å²) < 4.78 is 5.90. The summed E-state index contributed by atoms with van der Waals surface area (Å²) >= 11 is 1.14. The van der Waals surface area contributed by atoms with Gasteiger partial charge in [-0.15, -0.1) is 5.10 Å². The molecule has 0 aromatic carbocycles. The van der Waals surface area contributed by atoms with Gasteiger partial charge in [-0.05, 0) is 50.2 Å². The normalized spacial score (nSPS) is 17.7. The molecule has 0 spiro atoms. The highest BCUT2D eigenvalue weighted by Gasteiger charge is 2.32. The van der Waals surface area contributed by atoms with Gasteiger partial charge < -0.3 is 5.32 Å². The van der Waals surface area contributed by atoms with Gasteiger partial charge in [0.2, 0.25) is 0 Å². The van der Waals surface area contributed by atoms with Crippen molar-refractivity contribution in [1.82, 2.24) is 24.7 Å². The Labute approximate surface area is 133 Å². The number of amides is 1. The number of nitrogens with one attached hydrogen (secondary N) is 1. The van der Waals surface area contributed by atoms with Crippen molar-refractivity contribution in [2.75, 3.05) is 6.54 Å². The molecule has 2 aliphatic rings. The van der Waals surface area contributed by atoms with Crippen molar-refractivity contribution in [1.29, 1.82) is 0 Å². The second kappa shape index (κ2) is 5.46. The van der Waals surface area contributed by atoms with E-state index in [0.717, 1.165) is 18.1 Å². The van der Waals surface area contributed by atoms with Gasteiger partial charge in [0, 0.05) is 24.1 Å². The molecule has 7 heteroatoms. The Kier molecular flexibility index (Phi) is 3.44. The van der Waals surface area contributed by atoms with Crippen molar-refractivity contribution in [3.05, 3.63) is 28.0 Å². The van der Waals surface area contributed by atoms with Crippen LogP contribution in [0.5, 0.6) is 0 Å². The number of nitrogens with zero attached hydrogens (tertiary/aromatic N) is 4. The number of carbonyl (C=O) groups is 1. The molecule has 22 heavy (non-hydrogen) atoms. The predicted molar refractivity (Wildman–Crippen MR) is 83.2 cm³/mol.